The molecule has 1 rings (SSSR count). The molecule has 1 unspecified atom stereocenters. The number of rotatable bonds is 4. The molecule has 0 saturated heterocycles. The fourth-order valence-electron chi connectivity index (χ4n) is 1.03. The van der Waals surface area contributed by atoms with Crippen molar-refractivity contribution in [2.24, 2.45) is 5.92 Å². The van der Waals surface area contributed by atoms with E-state index in [2.05, 4.69) is 6.92 Å². The molecule has 0 nitrogen and oxygen atoms in total. The standard InChI is InChI=1S/C8H15Cl/c1-2-8(9)6-5-7-3-4-7/h7-8H,2-6H2,1H3. The summed E-state index contributed by atoms with van der Waals surface area (Å²) >= 11 is 5.94. The van der Waals surface area contributed by atoms with Crippen molar-refractivity contribution >= 4 is 11.6 Å². The quantitative estimate of drug-likeness (QED) is 0.535. The third-order valence-electron chi connectivity index (χ3n) is 2.03. The van der Waals surface area contributed by atoms with Gasteiger partial charge in [-0.1, -0.05) is 19.8 Å². The summed E-state index contributed by atoms with van der Waals surface area (Å²) in [6.07, 6.45) is 6.68. The van der Waals surface area contributed by atoms with Gasteiger partial charge in [0.05, 0.1) is 0 Å². The molecule has 0 spiro atoms. The predicted octanol–water partition coefficient (Wildman–Crippen LogP) is 3.19. The van der Waals surface area contributed by atoms with Crippen LogP contribution in [0.3, 0.4) is 0 Å². The molecular weight excluding hydrogens is 132 g/mol. The highest BCUT2D eigenvalue weighted by atomic mass is 35.5. The fourth-order valence-corrected chi connectivity index (χ4v) is 1.15. The van der Waals surface area contributed by atoms with E-state index in [-0.39, 0.29) is 0 Å². The fraction of sp³-hybridized carbons (Fsp3) is 1.00. The van der Waals surface area contributed by atoms with Crippen molar-refractivity contribution in [2.75, 3.05) is 0 Å². The first-order chi connectivity index (χ1) is 4.33. The molecule has 0 amide bonds. The van der Waals surface area contributed by atoms with Crippen LogP contribution in [0.4, 0.5) is 0 Å². The van der Waals surface area contributed by atoms with Gasteiger partial charge in [-0.15, -0.1) is 11.6 Å². The van der Waals surface area contributed by atoms with Crippen molar-refractivity contribution in [1.29, 1.82) is 0 Å². The zero-order valence-corrected chi connectivity index (χ0v) is 6.82. The van der Waals surface area contributed by atoms with Crippen LogP contribution >= 0.6 is 11.6 Å². The van der Waals surface area contributed by atoms with Crippen LogP contribution in [-0.2, 0) is 0 Å². The lowest BCUT2D eigenvalue weighted by Gasteiger charge is -2.03. The normalized spacial score (nSPS) is 22.0. The van der Waals surface area contributed by atoms with Crippen LogP contribution in [0.15, 0.2) is 0 Å². The predicted molar refractivity (Wildman–Crippen MR) is 41.9 cm³/mol. The summed E-state index contributed by atoms with van der Waals surface area (Å²) in [7, 11) is 0. The van der Waals surface area contributed by atoms with Crippen LogP contribution in [0.1, 0.15) is 39.0 Å². The van der Waals surface area contributed by atoms with Crippen LogP contribution in [0, 0.1) is 5.92 Å². The van der Waals surface area contributed by atoms with Gasteiger partial charge in [0.1, 0.15) is 0 Å². The largest absolute Gasteiger partial charge is 0.123 e. The maximum absolute atomic E-state index is 5.94. The van der Waals surface area contributed by atoms with Gasteiger partial charge < -0.3 is 0 Å². The summed E-state index contributed by atoms with van der Waals surface area (Å²) in [5, 5.41) is 0.450. The first-order valence-corrected chi connectivity index (χ1v) is 4.40. The molecule has 0 aliphatic heterocycles. The Bertz CT molecular complexity index is 76.6. The average Bonchev–Trinajstić information content (AvgIpc) is 2.65. The van der Waals surface area contributed by atoms with Crippen molar-refractivity contribution in [1.82, 2.24) is 0 Å². The second-order valence-electron chi connectivity index (χ2n) is 3.03. The van der Waals surface area contributed by atoms with Gasteiger partial charge in [0.15, 0.2) is 0 Å². The van der Waals surface area contributed by atoms with Gasteiger partial charge in [-0.05, 0) is 25.2 Å². The lowest BCUT2D eigenvalue weighted by molar-refractivity contribution is 0.627. The van der Waals surface area contributed by atoms with Crippen LogP contribution in [0.2, 0.25) is 0 Å². The Kier molecular flexibility index (Phi) is 2.84. The minimum Gasteiger partial charge on any atom is -0.123 e. The summed E-state index contributed by atoms with van der Waals surface area (Å²) < 4.78 is 0. The molecule has 54 valence electrons. The number of hydrogen-bond acceptors (Lipinski definition) is 0. The second kappa shape index (κ2) is 3.46. The van der Waals surface area contributed by atoms with Crippen molar-refractivity contribution in [3.8, 4) is 0 Å². The van der Waals surface area contributed by atoms with E-state index < -0.39 is 0 Å². The smallest absolute Gasteiger partial charge is 0.0333 e. The third-order valence-corrected chi connectivity index (χ3v) is 2.55. The minimum absolute atomic E-state index is 0.450. The molecule has 0 radical (unpaired) electrons. The van der Waals surface area contributed by atoms with E-state index in [1.807, 2.05) is 0 Å². The molecule has 0 aromatic heterocycles. The first-order valence-electron chi connectivity index (χ1n) is 3.97. The Morgan fingerprint density at radius 3 is 2.67 bits per heavy atom. The van der Waals surface area contributed by atoms with Gasteiger partial charge in [0.25, 0.3) is 0 Å². The molecule has 1 heteroatoms. The average molecular weight is 147 g/mol. The molecule has 1 aliphatic rings. The van der Waals surface area contributed by atoms with Gasteiger partial charge >= 0.3 is 0 Å². The summed E-state index contributed by atoms with van der Waals surface area (Å²) in [5.74, 6) is 1.05. The lowest BCUT2D eigenvalue weighted by Crippen LogP contribution is -1.95. The van der Waals surface area contributed by atoms with Gasteiger partial charge in [-0.2, -0.15) is 0 Å². The van der Waals surface area contributed by atoms with Crippen molar-refractivity contribution in [3.63, 3.8) is 0 Å². The Morgan fingerprint density at radius 2 is 2.22 bits per heavy atom. The minimum atomic E-state index is 0.450. The highest BCUT2D eigenvalue weighted by Gasteiger charge is 2.21. The molecule has 1 fully saturated rings. The molecular formula is C8H15Cl. The summed E-state index contributed by atoms with van der Waals surface area (Å²) in [6.45, 7) is 2.16. The molecule has 0 N–H and O–H groups in total. The highest BCUT2D eigenvalue weighted by molar-refractivity contribution is 6.20. The monoisotopic (exact) mass is 146 g/mol. The molecule has 0 aromatic carbocycles. The molecule has 1 saturated carbocycles. The van der Waals surface area contributed by atoms with Gasteiger partial charge in [0.2, 0.25) is 0 Å². The van der Waals surface area contributed by atoms with Crippen LogP contribution < -0.4 is 0 Å². The van der Waals surface area contributed by atoms with E-state index in [1.165, 1.54) is 25.7 Å². The molecule has 0 aromatic rings. The highest BCUT2D eigenvalue weighted by Crippen LogP contribution is 2.34. The number of alkyl halides is 1. The Morgan fingerprint density at radius 1 is 1.56 bits per heavy atom. The van der Waals surface area contributed by atoms with E-state index in [1.54, 1.807) is 0 Å². The third kappa shape index (κ3) is 3.10. The first kappa shape index (κ1) is 7.40. The van der Waals surface area contributed by atoms with Gasteiger partial charge in [-0.3, -0.25) is 0 Å². The summed E-state index contributed by atoms with van der Waals surface area (Å²) in [5.41, 5.74) is 0. The van der Waals surface area contributed by atoms with E-state index in [0.29, 0.717) is 5.38 Å². The topological polar surface area (TPSA) is 0 Å². The van der Waals surface area contributed by atoms with Crippen LogP contribution in [0.5, 0.6) is 0 Å². The maximum atomic E-state index is 5.94. The van der Waals surface area contributed by atoms with Gasteiger partial charge in [-0.25, -0.2) is 0 Å². The molecule has 1 atom stereocenters. The van der Waals surface area contributed by atoms with E-state index in [4.69, 9.17) is 11.6 Å². The van der Waals surface area contributed by atoms with E-state index in [0.717, 1.165) is 12.3 Å². The van der Waals surface area contributed by atoms with Crippen LogP contribution in [0.25, 0.3) is 0 Å². The number of hydrogen-bond donors (Lipinski definition) is 0. The Labute approximate surface area is 62.6 Å². The van der Waals surface area contributed by atoms with E-state index >= 15 is 0 Å². The van der Waals surface area contributed by atoms with Gasteiger partial charge in [0, 0.05) is 5.38 Å². The van der Waals surface area contributed by atoms with Crippen molar-refractivity contribution in [2.45, 2.75) is 44.4 Å². The second-order valence-corrected chi connectivity index (χ2v) is 3.64. The zero-order valence-electron chi connectivity index (χ0n) is 6.07. The maximum Gasteiger partial charge on any atom is 0.0333 e. The Hall–Kier alpha value is 0.290. The van der Waals surface area contributed by atoms with Crippen molar-refractivity contribution < 1.29 is 0 Å². The zero-order chi connectivity index (χ0) is 6.69. The number of halogens is 1. The van der Waals surface area contributed by atoms with Crippen LogP contribution in [-0.4, -0.2) is 5.38 Å². The molecule has 9 heavy (non-hydrogen) atoms. The Balaban J connectivity index is 1.90. The SMILES string of the molecule is CCC(Cl)CCC1CC1. The van der Waals surface area contributed by atoms with Crippen molar-refractivity contribution in [3.05, 3.63) is 0 Å². The lowest BCUT2D eigenvalue weighted by atomic mass is 10.1. The summed E-state index contributed by atoms with van der Waals surface area (Å²) in [4.78, 5) is 0. The summed E-state index contributed by atoms with van der Waals surface area (Å²) in [6, 6.07) is 0. The molecule has 0 bridgehead atoms. The van der Waals surface area contributed by atoms with E-state index in [9.17, 15) is 0 Å². The molecule has 1 aliphatic carbocycles. The molecule has 0 heterocycles.